The van der Waals surface area contributed by atoms with E-state index in [0.29, 0.717) is 0 Å². The zero-order valence-corrected chi connectivity index (χ0v) is 14.0. The average molecular weight is 339 g/mol. The lowest BCUT2D eigenvalue weighted by Crippen LogP contribution is -2.49. The van der Waals surface area contributed by atoms with Crippen LogP contribution in [0, 0.1) is 0 Å². The molecule has 4 rings (SSSR count). The first-order valence-electron chi connectivity index (χ1n) is 8.70. The Morgan fingerprint density at radius 1 is 1.00 bits per heavy atom. The molecule has 4 heterocycles. The van der Waals surface area contributed by atoms with E-state index >= 15 is 0 Å². The van der Waals surface area contributed by atoms with Gasteiger partial charge in [0, 0.05) is 49.7 Å². The van der Waals surface area contributed by atoms with E-state index in [-0.39, 0.29) is 30.9 Å². The standard InChI is InChI=1S/C19H21N3O3/c23-19(24-13-14-3-7-20-8-4-14)22-15-1-2-16(22)12-18(11-15)25-17-5-9-21-10-6-17/h3-10,15-16,18H,1-2,11-13H2. The highest BCUT2D eigenvalue weighted by Crippen LogP contribution is 2.37. The van der Waals surface area contributed by atoms with Crippen molar-refractivity contribution in [3.05, 3.63) is 54.6 Å². The van der Waals surface area contributed by atoms with Crippen LogP contribution in [0.15, 0.2) is 49.1 Å². The Hall–Kier alpha value is -2.63. The summed E-state index contributed by atoms with van der Waals surface area (Å²) in [6, 6.07) is 7.87. The third-order valence-electron chi connectivity index (χ3n) is 4.96. The van der Waals surface area contributed by atoms with Crippen molar-refractivity contribution in [3.8, 4) is 5.75 Å². The molecule has 6 nitrogen and oxygen atoms in total. The summed E-state index contributed by atoms with van der Waals surface area (Å²) in [6.07, 6.45) is 10.5. The Labute approximate surface area is 146 Å². The predicted octanol–water partition coefficient (Wildman–Crippen LogP) is 3.19. The number of hydrogen-bond donors (Lipinski definition) is 0. The van der Waals surface area contributed by atoms with Gasteiger partial charge in [-0.25, -0.2) is 4.79 Å². The fourth-order valence-corrected chi connectivity index (χ4v) is 3.83. The summed E-state index contributed by atoms with van der Waals surface area (Å²) in [7, 11) is 0. The molecule has 2 fully saturated rings. The second-order valence-corrected chi connectivity index (χ2v) is 6.60. The number of carbonyl (C=O) groups excluding carboxylic acids is 1. The van der Waals surface area contributed by atoms with Crippen molar-refractivity contribution < 1.29 is 14.3 Å². The van der Waals surface area contributed by atoms with Gasteiger partial charge in [-0.1, -0.05) is 0 Å². The summed E-state index contributed by atoms with van der Waals surface area (Å²) in [5.41, 5.74) is 0.951. The second-order valence-electron chi connectivity index (χ2n) is 6.60. The molecule has 25 heavy (non-hydrogen) atoms. The van der Waals surface area contributed by atoms with Crippen LogP contribution >= 0.6 is 0 Å². The molecule has 0 aromatic carbocycles. The highest BCUT2D eigenvalue weighted by atomic mass is 16.6. The molecule has 0 saturated carbocycles. The molecule has 0 N–H and O–H groups in total. The van der Waals surface area contributed by atoms with Crippen LogP contribution in [0.2, 0.25) is 0 Å². The number of carbonyl (C=O) groups is 1. The molecule has 2 saturated heterocycles. The molecule has 2 atom stereocenters. The molecule has 2 unspecified atom stereocenters. The Bertz CT molecular complexity index is 696. The highest BCUT2D eigenvalue weighted by molar-refractivity contribution is 5.69. The Kier molecular flexibility index (Phi) is 4.50. The Balaban J connectivity index is 1.34. The van der Waals surface area contributed by atoms with Crippen LogP contribution in [0.25, 0.3) is 0 Å². The van der Waals surface area contributed by atoms with Gasteiger partial charge in [-0.2, -0.15) is 0 Å². The van der Waals surface area contributed by atoms with Crippen molar-refractivity contribution in [1.29, 1.82) is 0 Å². The van der Waals surface area contributed by atoms with Crippen molar-refractivity contribution >= 4 is 6.09 Å². The van der Waals surface area contributed by atoms with Gasteiger partial charge >= 0.3 is 6.09 Å². The fraction of sp³-hybridized carbons (Fsp3) is 0.421. The molecule has 6 heteroatoms. The van der Waals surface area contributed by atoms with E-state index in [2.05, 4.69) is 9.97 Å². The van der Waals surface area contributed by atoms with Gasteiger partial charge in [0.25, 0.3) is 0 Å². The van der Waals surface area contributed by atoms with Gasteiger partial charge < -0.3 is 14.4 Å². The quantitative estimate of drug-likeness (QED) is 0.856. The number of ether oxygens (including phenoxy) is 2. The normalized spacial score (nSPS) is 24.8. The van der Waals surface area contributed by atoms with E-state index in [0.717, 1.165) is 37.0 Å². The lowest BCUT2D eigenvalue weighted by molar-refractivity contribution is 0.0304. The Morgan fingerprint density at radius 2 is 1.60 bits per heavy atom. The van der Waals surface area contributed by atoms with E-state index < -0.39 is 0 Å². The third-order valence-corrected chi connectivity index (χ3v) is 4.96. The van der Waals surface area contributed by atoms with Crippen molar-refractivity contribution in [2.45, 2.75) is 50.5 Å². The minimum atomic E-state index is -0.216. The van der Waals surface area contributed by atoms with Gasteiger partial charge in [-0.15, -0.1) is 0 Å². The van der Waals surface area contributed by atoms with Gasteiger partial charge in [0.15, 0.2) is 0 Å². The average Bonchev–Trinajstić information content (AvgIpc) is 2.92. The summed E-state index contributed by atoms with van der Waals surface area (Å²) in [5, 5.41) is 0. The van der Waals surface area contributed by atoms with Crippen LogP contribution in [0.5, 0.6) is 5.75 Å². The first kappa shape index (κ1) is 15.9. The van der Waals surface area contributed by atoms with Crippen LogP contribution in [0.4, 0.5) is 4.79 Å². The SMILES string of the molecule is O=C(OCc1ccncc1)N1C2CCC1CC(Oc1ccncc1)C2. The van der Waals surface area contributed by atoms with Crippen LogP contribution in [0.1, 0.15) is 31.2 Å². The molecule has 2 aliphatic rings. The molecule has 0 aliphatic carbocycles. The van der Waals surface area contributed by atoms with Gasteiger partial charge in [-0.05, 0) is 42.7 Å². The number of amides is 1. The van der Waals surface area contributed by atoms with Crippen molar-refractivity contribution in [2.24, 2.45) is 0 Å². The summed E-state index contributed by atoms with van der Waals surface area (Å²) >= 11 is 0. The molecular formula is C19H21N3O3. The first-order chi connectivity index (χ1) is 12.3. The maximum absolute atomic E-state index is 12.5. The van der Waals surface area contributed by atoms with Crippen LogP contribution in [-0.4, -0.2) is 39.1 Å². The van der Waals surface area contributed by atoms with Crippen molar-refractivity contribution in [3.63, 3.8) is 0 Å². The van der Waals surface area contributed by atoms with E-state index in [4.69, 9.17) is 9.47 Å². The van der Waals surface area contributed by atoms with E-state index in [9.17, 15) is 4.79 Å². The lowest BCUT2D eigenvalue weighted by Gasteiger charge is -2.38. The van der Waals surface area contributed by atoms with Crippen LogP contribution in [0.3, 0.4) is 0 Å². The zero-order valence-electron chi connectivity index (χ0n) is 14.0. The summed E-state index contributed by atoms with van der Waals surface area (Å²) in [6.45, 7) is 0.286. The number of rotatable bonds is 4. The van der Waals surface area contributed by atoms with Gasteiger partial charge in [0.2, 0.25) is 0 Å². The number of aromatic nitrogens is 2. The molecule has 0 radical (unpaired) electrons. The summed E-state index contributed by atoms with van der Waals surface area (Å²) in [4.78, 5) is 22.4. The number of hydrogen-bond acceptors (Lipinski definition) is 5. The zero-order chi connectivity index (χ0) is 17.1. The summed E-state index contributed by atoms with van der Waals surface area (Å²) in [5.74, 6) is 0.841. The number of piperidine rings is 1. The van der Waals surface area contributed by atoms with Gasteiger partial charge in [0.05, 0.1) is 0 Å². The fourth-order valence-electron chi connectivity index (χ4n) is 3.83. The minimum absolute atomic E-state index is 0.143. The number of nitrogens with zero attached hydrogens (tertiary/aromatic N) is 3. The number of pyridine rings is 2. The molecule has 2 aliphatic heterocycles. The molecular weight excluding hydrogens is 318 g/mol. The van der Waals surface area contributed by atoms with E-state index in [1.165, 1.54) is 0 Å². The molecule has 0 spiro atoms. The van der Waals surface area contributed by atoms with E-state index in [1.807, 2.05) is 29.2 Å². The molecule has 2 bridgehead atoms. The maximum atomic E-state index is 12.5. The molecule has 1 amide bonds. The van der Waals surface area contributed by atoms with Crippen molar-refractivity contribution in [1.82, 2.24) is 14.9 Å². The monoisotopic (exact) mass is 339 g/mol. The lowest BCUT2D eigenvalue weighted by atomic mass is 10.0. The largest absolute Gasteiger partial charge is 0.490 e. The highest BCUT2D eigenvalue weighted by Gasteiger charge is 2.44. The summed E-state index contributed by atoms with van der Waals surface area (Å²) < 4.78 is 11.6. The molecule has 2 aromatic heterocycles. The van der Waals surface area contributed by atoms with Crippen LogP contribution in [-0.2, 0) is 11.3 Å². The predicted molar refractivity (Wildman–Crippen MR) is 91.0 cm³/mol. The Morgan fingerprint density at radius 3 is 2.24 bits per heavy atom. The van der Waals surface area contributed by atoms with Crippen LogP contribution < -0.4 is 4.74 Å². The maximum Gasteiger partial charge on any atom is 0.410 e. The second kappa shape index (κ2) is 7.09. The van der Waals surface area contributed by atoms with E-state index in [1.54, 1.807) is 24.8 Å². The smallest absolute Gasteiger partial charge is 0.410 e. The first-order valence-corrected chi connectivity index (χ1v) is 8.70. The molecule has 2 aromatic rings. The minimum Gasteiger partial charge on any atom is -0.490 e. The topological polar surface area (TPSA) is 64.5 Å². The third kappa shape index (κ3) is 3.57. The molecule has 130 valence electrons. The van der Waals surface area contributed by atoms with Crippen molar-refractivity contribution in [2.75, 3.05) is 0 Å². The van der Waals surface area contributed by atoms with Gasteiger partial charge in [0.1, 0.15) is 18.5 Å². The van der Waals surface area contributed by atoms with Gasteiger partial charge in [-0.3, -0.25) is 9.97 Å². The number of fused-ring (bicyclic) bond motifs is 2.